The second-order valence-electron chi connectivity index (χ2n) is 10.6. The molecule has 3 atom stereocenters. The molecule has 0 radical (unpaired) electrons. The highest BCUT2D eigenvalue weighted by atomic mass is 16.6. The van der Waals surface area contributed by atoms with Crippen LogP contribution in [0, 0.1) is 0 Å². The van der Waals surface area contributed by atoms with E-state index in [-0.39, 0.29) is 42.6 Å². The summed E-state index contributed by atoms with van der Waals surface area (Å²) in [7, 11) is 2.05. The Bertz CT molecular complexity index is 1510. The Kier molecular flexibility index (Phi) is 7.16. The molecule has 2 aliphatic heterocycles. The first-order chi connectivity index (χ1) is 19.4. The SMILES string of the molecule is CN(CCn1c(=O)ccc2ccc(OCCN)cc21)[C@@H]1CC[C@@H]2[C@@H](C1)OC(=O)N2c1ccc2c(n1)CC(=O)CO2. The molecule has 1 aliphatic carbocycles. The van der Waals surface area contributed by atoms with E-state index in [4.69, 9.17) is 19.9 Å². The van der Waals surface area contributed by atoms with Crippen molar-refractivity contribution in [2.45, 2.75) is 50.4 Å². The van der Waals surface area contributed by atoms with Crippen LogP contribution in [0.3, 0.4) is 0 Å². The maximum atomic E-state index is 12.9. The molecule has 11 nitrogen and oxygen atoms in total. The van der Waals surface area contributed by atoms with Gasteiger partial charge in [-0.15, -0.1) is 0 Å². The molecule has 0 bridgehead atoms. The highest BCUT2D eigenvalue weighted by Gasteiger charge is 2.47. The first kappa shape index (κ1) is 26.3. The maximum absolute atomic E-state index is 12.9. The number of benzene rings is 1. The molecule has 2 N–H and O–H groups in total. The van der Waals surface area contributed by atoms with Gasteiger partial charge >= 0.3 is 6.09 Å². The number of carbonyl (C=O) groups excluding carboxylic acids is 2. The van der Waals surface area contributed by atoms with Crippen molar-refractivity contribution in [3.8, 4) is 11.5 Å². The van der Waals surface area contributed by atoms with Gasteiger partial charge in [0.1, 0.15) is 36.6 Å². The quantitative estimate of drug-likeness (QED) is 0.451. The highest BCUT2D eigenvalue weighted by molar-refractivity contribution is 5.90. The number of likely N-dealkylation sites (N-methyl/N-ethyl adjacent to an activating group) is 1. The van der Waals surface area contributed by atoms with E-state index in [1.165, 1.54) is 0 Å². The molecule has 1 aromatic carbocycles. The second kappa shape index (κ2) is 10.9. The Morgan fingerprint density at radius 1 is 1.12 bits per heavy atom. The molecule has 210 valence electrons. The molecule has 4 heterocycles. The first-order valence-electron chi connectivity index (χ1n) is 13.7. The Balaban J connectivity index is 1.12. The molecule has 2 aromatic heterocycles. The predicted octanol–water partition coefficient (Wildman–Crippen LogP) is 2.12. The largest absolute Gasteiger partial charge is 0.492 e. The summed E-state index contributed by atoms with van der Waals surface area (Å²) in [6, 6.07) is 12.8. The van der Waals surface area contributed by atoms with Crippen molar-refractivity contribution in [1.29, 1.82) is 0 Å². The number of hydrogen-bond donors (Lipinski definition) is 1. The fourth-order valence-electron chi connectivity index (χ4n) is 5.97. The highest BCUT2D eigenvalue weighted by Crippen LogP contribution is 2.37. The molecule has 6 rings (SSSR count). The molecule has 1 saturated heterocycles. The smallest absolute Gasteiger partial charge is 0.416 e. The Labute approximate surface area is 231 Å². The van der Waals surface area contributed by atoms with Crippen LogP contribution in [-0.2, 0) is 22.5 Å². The fraction of sp³-hybridized carbons (Fsp3) is 0.448. The van der Waals surface area contributed by atoms with Crippen molar-refractivity contribution in [2.24, 2.45) is 5.73 Å². The summed E-state index contributed by atoms with van der Waals surface area (Å²) in [6.45, 7) is 2.06. The first-order valence-corrected chi connectivity index (χ1v) is 13.7. The average Bonchev–Trinajstić information content (AvgIpc) is 3.29. The van der Waals surface area contributed by atoms with Gasteiger partial charge < -0.3 is 29.4 Å². The topological polar surface area (TPSA) is 129 Å². The number of ether oxygens (including phenoxy) is 3. The third-order valence-electron chi connectivity index (χ3n) is 8.08. The number of amides is 1. The Morgan fingerprint density at radius 2 is 1.98 bits per heavy atom. The van der Waals surface area contributed by atoms with Crippen molar-refractivity contribution >= 4 is 28.6 Å². The fourth-order valence-corrected chi connectivity index (χ4v) is 5.97. The molecule has 0 unspecified atom stereocenters. The standard InChI is InChI=1S/C29H33N5O6/c1-32(11-12-33-24-16-21(38-13-10-30)5-2-18(24)3-9-28(33)36)19-4-6-23-26(14-19)40-29(37)34(23)27-8-7-25-22(31-27)15-20(35)17-39-25/h2-3,5,7-9,16,19,23,26H,4,6,10-15,17,30H2,1H3/t19-,23-,26-/m1/s1. The lowest BCUT2D eigenvalue weighted by atomic mass is 9.87. The minimum atomic E-state index is -0.413. The van der Waals surface area contributed by atoms with Crippen molar-refractivity contribution in [3.05, 3.63) is 58.5 Å². The summed E-state index contributed by atoms with van der Waals surface area (Å²) in [6.07, 6.45) is 1.86. The number of pyridine rings is 2. The van der Waals surface area contributed by atoms with Crippen LogP contribution < -0.4 is 25.7 Å². The molecule has 1 saturated carbocycles. The van der Waals surface area contributed by atoms with Gasteiger partial charge in [-0.25, -0.2) is 9.78 Å². The summed E-state index contributed by atoms with van der Waals surface area (Å²) in [5.74, 6) is 1.73. The summed E-state index contributed by atoms with van der Waals surface area (Å²) in [4.78, 5) is 46.0. The lowest BCUT2D eigenvalue weighted by Gasteiger charge is -2.37. The van der Waals surface area contributed by atoms with E-state index >= 15 is 0 Å². The molecule has 2 fully saturated rings. The van der Waals surface area contributed by atoms with Gasteiger partial charge in [0.15, 0.2) is 5.78 Å². The lowest BCUT2D eigenvalue weighted by Crippen LogP contribution is -2.47. The van der Waals surface area contributed by atoms with Gasteiger partial charge in [-0.1, -0.05) is 0 Å². The van der Waals surface area contributed by atoms with E-state index < -0.39 is 6.09 Å². The Morgan fingerprint density at radius 3 is 2.83 bits per heavy atom. The van der Waals surface area contributed by atoms with Crippen LogP contribution in [0.5, 0.6) is 11.5 Å². The van der Waals surface area contributed by atoms with E-state index in [1.54, 1.807) is 27.7 Å². The van der Waals surface area contributed by atoms with Crippen LogP contribution in [0.15, 0.2) is 47.3 Å². The van der Waals surface area contributed by atoms with Crippen LogP contribution in [0.4, 0.5) is 10.6 Å². The summed E-state index contributed by atoms with van der Waals surface area (Å²) in [5, 5.41) is 0.965. The number of hydrogen-bond acceptors (Lipinski definition) is 9. The zero-order chi connectivity index (χ0) is 27.8. The van der Waals surface area contributed by atoms with Gasteiger partial charge in [-0.05, 0) is 55.6 Å². The molecule has 3 aromatic rings. The number of ketones is 1. The number of rotatable bonds is 8. The number of carbonyl (C=O) groups is 2. The predicted molar refractivity (Wildman–Crippen MR) is 148 cm³/mol. The number of aromatic nitrogens is 2. The Hall–Kier alpha value is -3.96. The normalized spacial score (nSPS) is 22.2. The zero-order valence-electron chi connectivity index (χ0n) is 22.5. The third-order valence-corrected chi connectivity index (χ3v) is 8.08. The van der Waals surface area contributed by atoms with Crippen LogP contribution in [0.1, 0.15) is 25.0 Å². The second-order valence-corrected chi connectivity index (χ2v) is 10.6. The van der Waals surface area contributed by atoms with Crippen LogP contribution in [-0.4, -0.2) is 77.9 Å². The molecule has 3 aliphatic rings. The van der Waals surface area contributed by atoms with Gasteiger partial charge in [-0.3, -0.25) is 14.5 Å². The van der Waals surface area contributed by atoms with Crippen molar-refractivity contribution < 1.29 is 23.8 Å². The summed E-state index contributed by atoms with van der Waals surface area (Å²) in [5.41, 5.74) is 6.88. The van der Waals surface area contributed by atoms with Crippen molar-refractivity contribution in [1.82, 2.24) is 14.5 Å². The van der Waals surface area contributed by atoms with E-state index in [9.17, 15) is 14.4 Å². The van der Waals surface area contributed by atoms with E-state index in [1.807, 2.05) is 31.3 Å². The van der Waals surface area contributed by atoms with Crippen molar-refractivity contribution in [2.75, 3.05) is 38.3 Å². The minimum Gasteiger partial charge on any atom is -0.492 e. The van der Waals surface area contributed by atoms with Crippen LogP contribution in [0.2, 0.25) is 0 Å². The van der Waals surface area contributed by atoms with Gasteiger partial charge in [0.25, 0.3) is 5.56 Å². The number of nitrogens with two attached hydrogens (primary N) is 1. The summed E-state index contributed by atoms with van der Waals surface area (Å²) >= 11 is 0. The monoisotopic (exact) mass is 547 g/mol. The van der Waals surface area contributed by atoms with Crippen LogP contribution >= 0.6 is 0 Å². The number of anilines is 1. The van der Waals surface area contributed by atoms with E-state index in [0.717, 1.165) is 23.7 Å². The maximum Gasteiger partial charge on any atom is 0.416 e. The zero-order valence-corrected chi connectivity index (χ0v) is 22.5. The van der Waals surface area contributed by atoms with Gasteiger partial charge in [-0.2, -0.15) is 0 Å². The van der Waals surface area contributed by atoms with Gasteiger partial charge in [0, 0.05) is 44.2 Å². The molecular weight excluding hydrogens is 514 g/mol. The van der Waals surface area contributed by atoms with E-state index in [0.29, 0.717) is 55.7 Å². The van der Waals surface area contributed by atoms with Crippen molar-refractivity contribution in [3.63, 3.8) is 0 Å². The molecule has 1 amide bonds. The lowest BCUT2D eigenvalue weighted by molar-refractivity contribution is -0.121. The van der Waals surface area contributed by atoms with E-state index in [2.05, 4.69) is 9.88 Å². The third kappa shape index (κ3) is 5.02. The number of Topliss-reactive ketones (excluding diaryl/α,β-unsaturated/α-hetero) is 1. The van der Waals surface area contributed by atoms with Crippen LogP contribution in [0.25, 0.3) is 10.9 Å². The minimum absolute atomic E-state index is 0.0336. The molecule has 11 heteroatoms. The molecular formula is C29H33N5O6. The number of nitrogens with zero attached hydrogens (tertiary/aromatic N) is 4. The molecule has 0 spiro atoms. The summed E-state index contributed by atoms with van der Waals surface area (Å²) < 4.78 is 18.7. The van der Waals surface area contributed by atoms with Gasteiger partial charge in [0.05, 0.1) is 23.7 Å². The van der Waals surface area contributed by atoms with Gasteiger partial charge in [0.2, 0.25) is 0 Å². The molecule has 40 heavy (non-hydrogen) atoms. The number of fused-ring (bicyclic) bond motifs is 3. The average molecular weight is 548 g/mol.